The van der Waals surface area contributed by atoms with Crippen LogP contribution in [-0.2, 0) is 0 Å². The monoisotopic (exact) mass is 337 g/mol. The highest BCUT2D eigenvalue weighted by Crippen LogP contribution is 2.21. The second-order valence-corrected chi connectivity index (χ2v) is 5.13. The Labute approximate surface area is 138 Å². The van der Waals surface area contributed by atoms with Gasteiger partial charge in [0.1, 0.15) is 5.75 Å². The molecule has 4 nitrogen and oxygen atoms in total. The van der Waals surface area contributed by atoms with Crippen LogP contribution in [0.5, 0.6) is 5.75 Å². The molecule has 0 fully saturated rings. The first-order valence-electron chi connectivity index (χ1n) is 6.56. The van der Waals surface area contributed by atoms with Gasteiger partial charge in [-0.3, -0.25) is 4.79 Å². The zero-order chi connectivity index (χ0) is 16.1. The zero-order valence-electron chi connectivity index (χ0n) is 11.8. The quantitative estimate of drug-likeness (QED) is 0.756. The molecule has 0 spiro atoms. The summed E-state index contributed by atoms with van der Waals surface area (Å²) in [6, 6.07) is 13.2. The molecular weight excluding hydrogens is 325 g/mol. The Bertz CT molecular complexity index is 669. The van der Waals surface area contributed by atoms with Crippen molar-refractivity contribution in [2.24, 2.45) is 0 Å². The van der Waals surface area contributed by atoms with Crippen LogP contribution in [0, 0.1) is 0 Å². The third-order valence-corrected chi connectivity index (χ3v) is 3.33. The molecule has 0 atom stereocenters. The number of hydrogen-bond acceptors (Lipinski definition) is 3. The molecule has 0 unspecified atom stereocenters. The van der Waals surface area contributed by atoms with E-state index in [9.17, 15) is 9.59 Å². The fraction of sp³-hybridized carbons (Fsp3) is 0.125. The highest BCUT2D eigenvalue weighted by Gasteiger charge is 2.16. The standard InChI is InChI=1S/C16H13Cl2NO3/c1-2-19(13-7-5-12(17)6-8-13)15(20)11-3-9-14(10-4-11)22-16(18)21/h3-10H,2H2,1H3. The maximum atomic E-state index is 12.6. The number of carbonyl (C=O) groups excluding carboxylic acids is 2. The van der Waals surface area contributed by atoms with E-state index in [4.69, 9.17) is 27.9 Å². The number of amides is 1. The number of halogens is 2. The van der Waals surface area contributed by atoms with Gasteiger partial charge in [-0.1, -0.05) is 11.6 Å². The molecule has 0 N–H and O–H groups in total. The lowest BCUT2D eigenvalue weighted by atomic mass is 10.1. The zero-order valence-corrected chi connectivity index (χ0v) is 13.3. The molecule has 114 valence electrons. The highest BCUT2D eigenvalue weighted by atomic mass is 35.5. The van der Waals surface area contributed by atoms with Crippen molar-refractivity contribution in [1.29, 1.82) is 0 Å². The van der Waals surface area contributed by atoms with Gasteiger partial charge in [-0.15, -0.1) is 0 Å². The molecule has 2 aromatic carbocycles. The Morgan fingerprint density at radius 1 is 1.05 bits per heavy atom. The largest absolute Gasteiger partial charge is 0.415 e. The van der Waals surface area contributed by atoms with Crippen LogP contribution in [0.1, 0.15) is 17.3 Å². The van der Waals surface area contributed by atoms with E-state index < -0.39 is 5.43 Å². The summed E-state index contributed by atoms with van der Waals surface area (Å²) >= 11 is 11.0. The summed E-state index contributed by atoms with van der Waals surface area (Å²) in [5.74, 6) is 0.125. The van der Waals surface area contributed by atoms with Crippen LogP contribution >= 0.6 is 23.2 Å². The Morgan fingerprint density at radius 2 is 1.64 bits per heavy atom. The molecule has 0 bridgehead atoms. The summed E-state index contributed by atoms with van der Waals surface area (Å²) in [6.45, 7) is 2.40. The lowest BCUT2D eigenvalue weighted by Gasteiger charge is -2.21. The molecule has 0 aliphatic carbocycles. The van der Waals surface area contributed by atoms with Crippen LogP contribution in [-0.4, -0.2) is 17.9 Å². The summed E-state index contributed by atoms with van der Waals surface area (Å²) in [4.78, 5) is 24.8. The molecule has 2 aromatic rings. The molecule has 0 aliphatic rings. The second kappa shape index (κ2) is 7.29. The van der Waals surface area contributed by atoms with Crippen molar-refractivity contribution in [3.8, 4) is 5.75 Å². The van der Waals surface area contributed by atoms with E-state index in [0.29, 0.717) is 17.1 Å². The molecule has 0 aromatic heterocycles. The Kier molecular flexibility index (Phi) is 5.41. The van der Waals surface area contributed by atoms with Gasteiger partial charge in [-0.25, -0.2) is 4.79 Å². The Balaban J connectivity index is 2.21. The van der Waals surface area contributed by atoms with Crippen LogP contribution in [0.3, 0.4) is 0 Å². The first-order valence-corrected chi connectivity index (χ1v) is 7.31. The van der Waals surface area contributed by atoms with Gasteiger partial charge in [-0.2, -0.15) is 0 Å². The van der Waals surface area contributed by atoms with Gasteiger partial charge >= 0.3 is 5.43 Å². The normalized spacial score (nSPS) is 10.1. The SMILES string of the molecule is CCN(C(=O)c1ccc(OC(=O)Cl)cc1)c1ccc(Cl)cc1. The predicted molar refractivity (Wildman–Crippen MR) is 87.1 cm³/mol. The van der Waals surface area contributed by atoms with Crippen LogP contribution in [0.4, 0.5) is 10.5 Å². The lowest BCUT2D eigenvalue weighted by molar-refractivity contribution is 0.0988. The minimum Gasteiger partial charge on any atom is -0.415 e. The fourth-order valence-corrected chi connectivity index (χ4v) is 2.19. The number of ether oxygens (including phenoxy) is 1. The lowest BCUT2D eigenvalue weighted by Crippen LogP contribution is -2.30. The third-order valence-electron chi connectivity index (χ3n) is 3.00. The van der Waals surface area contributed by atoms with E-state index in [0.717, 1.165) is 5.69 Å². The maximum Gasteiger partial charge on any atom is 0.409 e. The van der Waals surface area contributed by atoms with E-state index in [2.05, 4.69) is 0 Å². The van der Waals surface area contributed by atoms with E-state index >= 15 is 0 Å². The van der Waals surface area contributed by atoms with Crippen molar-refractivity contribution in [3.05, 3.63) is 59.1 Å². The van der Waals surface area contributed by atoms with Gasteiger partial charge in [0.05, 0.1) is 0 Å². The summed E-state index contributed by atoms with van der Waals surface area (Å²) in [7, 11) is 0. The average molecular weight is 338 g/mol. The van der Waals surface area contributed by atoms with Gasteiger partial charge < -0.3 is 9.64 Å². The van der Waals surface area contributed by atoms with Crippen LogP contribution in [0.25, 0.3) is 0 Å². The third kappa shape index (κ3) is 4.00. The molecule has 0 aliphatic heterocycles. The Morgan fingerprint density at radius 3 is 2.14 bits per heavy atom. The summed E-state index contributed by atoms with van der Waals surface area (Å²) in [5, 5.41) is 0.611. The number of anilines is 1. The number of hydrogen-bond donors (Lipinski definition) is 0. The first kappa shape index (κ1) is 16.3. The van der Waals surface area contributed by atoms with Crippen molar-refractivity contribution in [2.75, 3.05) is 11.4 Å². The maximum absolute atomic E-state index is 12.6. The van der Waals surface area contributed by atoms with Crippen LogP contribution in [0.15, 0.2) is 48.5 Å². The van der Waals surface area contributed by atoms with Gasteiger partial charge in [0, 0.05) is 34.4 Å². The first-order chi connectivity index (χ1) is 10.5. The van der Waals surface area contributed by atoms with E-state index in [1.165, 1.54) is 12.1 Å². The minimum atomic E-state index is -0.921. The van der Waals surface area contributed by atoms with Crippen molar-refractivity contribution in [2.45, 2.75) is 6.92 Å². The number of carbonyl (C=O) groups is 2. The molecular formula is C16H13Cl2NO3. The molecule has 0 saturated carbocycles. The number of rotatable bonds is 4. The predicted octanol–water partition coefficient (Wildman–Crippen LogP) is 4.74. The van der Waals surface area contributed by atoms with Gasteiger partial charge in [-0.05, 0) is 55.5 Å². The second-order valence-electron chi connectivity index (χ2n) is 4.39. The van der Waals surface area contributed by atoms with Gasteiger partial charge in [0.2, 0.25) is 0 Å². The van der Waals surface area contributed by atoms with Crippen molar-refractivity contribution >= 4 is 40.2 Å². The van der Waals surface area contributed by atoms with Crippen molar-refractivity contribution in [1.82, 2.24) is 0 Å². The smallest absolute Gasteiger partial charge is 0.409 e. The molecule has 0 radical (unpaired) electrons. The molecule has 22 heavy (non-hydrogen) atoms. The van der Waals surface area contributed by atoms with E-state index in [1.54, 1.807) is 41.3 Å². The Hall–Kier alpha value is -2.04. The molecule has 6 heteroatoms. The number of nitrogens with zero attached hydrogens (tertiary/aromatic N) is 1. The summed E-state index contributed by atoms with van der Waals surface area (Å²) < 4.78 is 4.72. The topological polar surface area (TPSA) is 46.6 Å². The summed E-state index contributed by atoms with van der Waals surface area (Å²) in [6.07, 6.45) is 0. The van der Waals surface area contributed by atoms with E-state index in [-0.39, 0.29) is 11.7 Å². The van der Waals surface area contributed by atoms with E-state index in [1.807, 2.05) is 6.92 Å². The fourth-order valence-electron chi connectivity index (χ4n) is 1.98. The molecule has 2 rings (SSSR count). The van der Waals surface area contributed by atoms with Gasteiger partial charge in [0.15, 0.2) is 0 Å². The van der Waals surface area contributed by atoms with Crippen LogP contribution < -0.4 is 9.64 Å². The summed E-state index contributed by atoms with van der Waals surface area (Å²) in [5.41, 5.74) is 0.315. The van der Waals surface area contributed by atoms with Gasteiger partial charge in [0.25, 0.3) is 5.91 Å². The molecule has 0 saturated heterocycles. The van der Waals surface area contributed by atoms with Crippen LogP contribution in [0.2, 0.25) is 5.02 Å². The van der Waals surface area contributed by atoms with Crippen molar-refractivity contribution < 1.29 is 14.3 Å². The highest BCUT2D eigenvalue weighted by molar-refractivity contribution is 6.61. The molecule has 0 heterocycles. The number of benzene rings is 2. The molecule has 1 amide bonds. The average Bonchev–Trinajstić information content (AvgIpc) is 2.50. The van der Waals surface area contributed by atoms with Crippen molar-refractivity contribution in [3.63, 3.8) is 0 Å². The minimum absolute atomic E-state index is 0.159.